The Kier molecular flexibility index (Phi) is 4.06. The van der Waals surface area contributed by atoms with Crippen LogP contribution in [0.5, 0.6) is 0 Å². The van der Waals surface area contributed by atoms with Crippen molar-refractivity contribution in [1.29, 1.82) is 0 Å². The lowest BCUT2D eigenvalue weighted by atomic mass is 10.0. The number of thiophene rings is 1. The van der Waals surface area contributed by atoms with Crippen LogP contribution in [0.3, 0.4) is 0 Å². The Morgan fingerprint density at radius 2 is 1.94 bits per heavy atom. The maximum Gasteiger partial charge on any atom is 0.194 e. The molecule has 0 aliphatic carbocycles. The topological polar surface area (TPSA) is 38.0 Å². The average Bonchev–Trinajstić information content (AvgIpc) is 2.77. The molecule has 96 valence electrons. The molecule has 0 aliphatic rings. The molecule has 3 N–H and O–H groups in total. The molecule has 2 rings (SSSR count). The van der Waals surface area contributed by atoms with Crippen LogP contribution in [0.2, 0.25) is 0 Å². The molecule has 0 amide bonds. The summed E-state index contributed by atoms with van der Waals surface area (Å²) < 4.78 is 40.5. The highest BCUT2D eigenvalue weighted by atomic mass is 79.9. The third-order valence-corrected chi connectivity index (χ3v) is 4.17. The molecule has 1 heterocycles. The van der Waals surface area contributed by atoms with Crippen molar-refractivity contribution in [2.75, 3.05) is 0 Å². The Morgan fingerprint density at radius 1 is 1.22 bits per heavy atom. The van der Waals surface area contributed by atoms with Gasteiger partial charge in [-0.3, -0.25) is 5.84 Å². The number of nitrogens with two attached hydrogens (primary N) is 1. The van der Waals surface area contributed by atoms with Crippen molar-refractivity contribution in [3.63, 3.8) is 0 Å². The third-order valence-electron chi connectivity index (χ3n) is 2.41. The second-order valence-electron chi connectivity index (χ2n) is 3.53. The van der Waals surface area contributed by atoms with Crippen LogP contribution in [0, 0.1) is 17.5 Å². The molecule has 0 bridgehead atoms. The molecule has 0 saturated carbocycles. The molecule has 2 aromatic rings. The van der Waals surface area contributed by atoms with Crippen LogP contribution < -0.4 is 11.3 Å². The summed E-state index contributed by atoms with van der Waals surface area (Å²) in [5.74, 6) is 1.41. The molecule has 2 nitrogen and oxygen atoms in total. The number of halogens is 4. The minimum absolute atomic E-state index is 0.0363. The molecule has 18 heavy (non-hydrogen) atoms. The quantitative estimate of drug-likeness (QED) is 0.511. The van der Waals surface area contributed by atoms with Crippen LogP contribution >= 0.6 is 27.3 Å². The molecule has 0 aliphatic heterocycles. The summed E-state index contributed by atoms with van der Waals surface area (Å²) in [5.41, 5.74) is 2.36. The number of rotatable bonds is 3. The van der Waals surface area contributed by atoms with E-state index in [2.05, 4.69) is 21.4 Å². The Hall–Kier alpha value is -0.890. The van der Waals surface area contributed by atoms with E-state index >= 15 is 0 Å². The van der Waals surface area contributed by atoms with Gasteiger partial charge in [0.25, 0.3) is 0 Å². The van der Waals surface area contributed by atoms with E-state index in [-0.39, 0.29) is 5.56 Å². The summed E-state index contributed by atoms with van der Waals surface area (Å²) in [6.45, 7) is 0. The van der Waals surface area contributed by atoms with Gasteiger partial charge in [0.05, 0.1) is 6.04 Å². The second kappa shape index (κ2) is 5.40. The van der Waals surface area contributed by atoms with E-state index in [0.29, 0.717) is 4.88 Å². The zero-order valence-electron chi connectivity index (χ0n) is 8.88. The molecule has 1 aromatic carbocycles. The maximum absolute atomic E-state index is 13.7. The highest BCUT2D eigenvalue weighted by molar-refractivity contribution is 9.10. The van der Waals surface area contributed by atoms with Crippen LogP contribution in [-0.4, -0.2) is 0 Å². The highest BCUT2D eigenvalue weighted by Crippen LogP contribution is 2.31. The number of nitrogens with one attached hydrogen (secondary N) is 1. The van der Waals surface area contributed by atoms with Crippen molar-refractivity contribution in [2.45, 2.75) is 6.04 Å². The lowest BCUT2D eigenvalue weighted by molar-refractivity contribution is 0.434. The molecule has 7 heteroatoms. The van der Waals surface area contributed by atoms with E-state index in [1.807, 2.05) is 0 Å². The van der Waals surface area contributed by atoms with Crippen LogP contribution in [0.15, 0.2) is 28.1 Å². The molecule has 1 aromatic heterocycles. The lowest BCUT2D eigenvalue weighted by Crippen LogP contribution is -2.29. The van der Waals surface area contributed by atoms with E-state index in [9.17, 15) is 13.2 Å². The van der Waals surface area contributed by atoms with Gasteiger partial charge in [-0.05, 0) is 28.1 Å². The first-order valence-corrected chi connectivity index (χ1v) is 6.55. The SMILES string of the molecule is NNC(c1cc(Br)cs1)c1ccc(F)c(F)c1F. The number of hydrazine groups is 1. The lowest BCUT2D eigenvalue weighted by Gasteiger charge is -2.15. The van der Waals surface area contributed by atoms with Crippen molar-refractivity contribution in [1.82, 2.24) is 5.43 Å². The monoisotopic (exact) mass is 336 g/mol. The molecule has 1 unspecified atom stereocenters. The first-order valence-electron chi connectivity index (χ1n) is 4.88. The Bertz CT molecular complexity index is 573. The van der Waals surface area contributed by atoms with E-state index < -0.39 is 23.5 Å². The van der Waals surface area contributed by atoms with Crippen LogP contribution in [0.25, 0.3) is 0 Å². The van der Waals surface area contributed by atoms with Gasteiger partial charge in [0.1, 0.15) is 0 Å². The van der Waals surface area contributed by atoms with E-state index in [1.54, 1.807) is 11.4 Å². The van der Waals surface area contributed by atoms with Gasteiger partial charge in [-0.2, -0.15) is 0 Å². The summed E-state index contributed by atoms with van der Waals surface area (Å²) >= 11 is 4.58. The summed E-state index contributed by atoms with van der Waals surface area (Å²) in [4.78, 5) is 0.689. The molecular weight excluding hydrogens is 329 g/mol. The molecule has 0 spiro atoms. The third kappa shape index (κ3) is 2.44. The van der Waals surface area contributed by atoms with E-state index in [0.717, 1.165) is 10.5 Å². The molecule has 0 saturated heterocycles. The van der Waals surface area contributed by atoms with Crippen molar-refractivity contribution < 1.29 is 13.2 Å². The largest absolute Gasteiger partial charge is 0.271 e. The Balaban J connectivity index is 2.49. The standard InChI is InChI=1S/C11H8BrF3N2S/c12-5-3-8(18-4-5)11(17-16)6-1-2-7(13)10(15)9(6)14/h1-4,11,17H,16H2. The number of hydrogen-bond donors (Lipinski definition) is 2. The molecule has 0 radical (unpaired) electrons. The molecular formula is C11H8BrF3N2S. The fourth-order valence-electron chi connectivity index (χ4n) is 1.57. The molecule has 1 atom stereocenters. The zero-order chi connectivity index (χ0) is 13.3. The summed E-state index contributed by atoms with van der Waals surface area (Å²) in [7, 11) is 0. The minimum atomic E-state index is -1.50. The van der Waals surface area contributed by atoms with Crippen molar-refractivity contribution >= 4 is 27.3 Å². The van der Waals surface area contributed by atoms with Crippen molar-refractivity contribution in [3.8, 4) is 0 Å². The minimum Gasteiger partial charge on any atom is -0.271 e. The van der Waals surface area contributed by atoms with Gasteiger partial charge in [-0.15, -0.1) is 11.3 Å². The zero-order valence-corrected chi connectivity index (χ0v) is 11.3. The van der Waals surface area contributed by atoms with E-state index in [1.165, 1.54) is 17.4 Å². The van der Waals surface area contributed by atoms with E-state index in [4.69, 9.17) is 5.84 Å². The van der Waals surface area contributed by atoms with Gasteiger partial charge in [0.15, 0.2) is 17.5 Å². The van der Waals surface area contributed by atoms with Gasteiger partial charge >= 0.3 is 0 Å². The fourth-order valence-corrected chi connectivity index (χ4v) is 3.09. The number of hydrogen-bond acceptors (Lipinski definition) is 3. The predicted molar refractivity (Wildman–Crippen MR) is 67.5 cm³/mol. The van der Waals surface area contributed by atoms with Gasteiger partial charge in [-0.25, -0.2) is 18.6 Å². The highest BCUT2D eigenvalue weighted by Gasteiger charge is 2.22. The Morgan fingerprint density at radius 3 is 2.50 bits per heavy atom. The summed E-state index contributed by atoms with van der Waals surface area (Å²) in [6.07, 6.45) is 0. The van der Waals surface area contributed by atoms with Gasteiger partial charge in [-0.1, -0.05) is 6.07 Å². The first-order chi connectivity index (χ1) is 8.54. The average molecular weight is 337 g/mol. The predicted octanol–water partition coefficient (Wildman–Crippen LogP) is 3.48. The van der Waals surface area contributed by atoms with Gasteiger partial charge in [0.2, 0.25) is 0 Å². The Labute approximate surface area is 114 Å². The van der Waals surface area contributed by atoms with Crippen molar-refractivity contribution in [3.05, 3.63) is 55.9 Å². The van der Waals surface area contributed by atoms with Crippen molar-refractivity contribution in [2.24, 2.45) is 5.84 Å². The molecule has 0 fully saturated rings. The normalized spacial score (nSPS) is 12.7. The summed E-state index contributed by atoms with van der Waals surface area (Å²) in [5, 5.41) is 1.79. The first kappa shape index (κ1) is 13.5. The van der Waals surface area contributed by atoms with Crippen LogP contribution in [0.1, 0.15) is 16.5 Å². The van der Waals surface area contributed by atoms with Crippen LogP contribution in [-0.2, 0) is 0 Å². The second-order valence-corrected chi connectivity index (χ2v) is 5.39. The maximum atomic E-state index is 13.7. The van der Waals surface area contributed by atoms with Gasteiger partial charge in [0, 0.05) is 20.3 Å². The van der Waals surface area contributed by atoms with Crippen LogP contribution in [0.4, 0.5) is 13.2 Å². The fraction of sp³-hybridized carbons (Fsp3) is 0.0909. The van der Waals surface area contributed by atoms with Gasteiger partial charge < -0.3 is 0 Å². The summed E-state index contributed by atoms with van der Waals surface area (Å²) in [6, 6.07) is 3.05. The number of benzene rings is 1. The smallest absolute Gasteiger partial charge is 0.194 e.